The van der Waals surface area contributed by atoms with Crippen LogP contribution in [0.15, 0.2) is 12.1 Å². The normalized spacial score (nSPS) is 10.3. The van der Waals surface area contributed by atoms with Crippen molar-refractivity contribution in [3.05, 3.63) is 44.5 Å². The van der Waals surface area contributed by atoms with Gasteiger partial charge < -0.3 is 0 Å². The molecule has 0 aliphatic carbocycles. The molecule has 0 saturated heterocycles. The molecular weight excluding hydrogens is 294 g/mol. The summed E-state index contributed by atoms with van der Waals surface area (Å²) in [4.78, 5) is 21.3. The molecule has 10 heteroatoms. The minimum atomic E-state index is -1.53. The Morgan fingerprint density at radius 3 is 2.65 bits per heavy atom. The average molecular weight is 300 g/mol. The Balaban J connectivity index is 2.38. The SMILES string of the molecule is Cc1nnc(NC(=O)c2c(F)ccc([N+](=O)[O-])c2F)s1. The lowest BCUT2D eigenvalue weighted by Crippen LogP contribution is -2.16. The molecule has 0 atom stereocenters. The summed E-state index contributed by atoms with van der Waals surface area (Å²) in [5.74, 6) is -3.90. The van der Waals surface area contributed by atoms with Crippen molar-refractivity contribution in [2.45, 2.75) is 6.92 Å². The molecule has 1 N–H and O–H groups in total. The number of benzene rings is 1. The lowest BCUT2D eigenvalue weighted by Gasteiger charge is -2.04. The number of halogens is 2. The third kappa shape index (κ3) is 2.59. The zero-order valence-electron chi connectivity index (χ0n) is 9.89. The number of carbonyl (C=O) groups is 1. The molecule has 0 radical (unpaired) electrons. The number of nitrogens with zero attached hydrogens (tertiary/aromatic N) is 3. The molecule has 0 spiro atoms. The Kier molecular flexibility index (Phi) is 3.66. The number of nitro benzene ring substituents is 1. The van der Waals surface area contributed by atoms with E-state index >= 15 is 0 Å². The fourth-order valence-corrected chi connectivity index (χ4v) is 1.98. The van der Waals surface area contributed by atoms with Crippen LogP contribution in [-0.2, 0) is 0 Å². The molecule has 0 bridgehead atoms. The molecule has 1 aromatic carbocycles. The van der Waals surface area contributed by atoms with Crippen molar-refractivity contribution in [3.8, 4) is 0 Å². The summed E-state index contributed by atoms with van der Waals surface area (Å²) >= 11 is 1.00. The molecule has 2 aromatic rings. The Morgan fingerprint density at radius 2 is 2.10 bits per heavy atom. The van der Waals surface area contributed by atoms with Gasteiger partial charge in [-0.05, 0) is 13.0 Å². The van der Waals surface area contributed by atoms with Gasteiger partial charge in [0.25, 0.3) is 5.91 Å². The van der Waals surface area contributed by atoms with Crippen LogP contribution in [-0.4, -0.2) is 21.0 Å². The molecule has 1 heterocycles. The Hall–Kier alpha value is -2.49. The summed E-state index contributed by atoms with van der Waals surface area (Å²) in [5.41, 5.74) is -2.02. The van der Waals surface area contributed by atoms with Gasteiger partial charge in [0.2, 0.25) is 10.9 Å². The third-order valence-corrected chi connectivity index (χ3v) is 3.00. The molecule has 0 aliphatic rings. The van der Waals surface area contributed by atoms with E-state index < -0.39 is 33.7 Å². The van der Waals surface area contributed by atoms with Gasteiger partial charge in [-0.2, -0.15) is 4.39 Å². The van der Waals surface area contributed by atoms with Gasteiger partial charge in [-0.1, -0.05) is 11.3 Å². The monoisotopic (exact) mass is 300 g/mol. The van der Waals surface area contributed by atoms with Crippen LogP contribution >= 0.6 is 11.3 Å². The molecule has 2 rings (SSSR count). The van der Waals surface area contributed by atoms with E-state index in [0.717, 1.165) is 11.3 Å². The maximum Gasteiger partial charge on any atom is 0.305 e. The van der Waals surface area contributed by atoms with Crippen molar-refractivity contribution >= 4 is 28.1 Å². The van der Waals surface area contributed by atoms with Crippen molar-refractivity contribution in [2.24, 2.45) is 0 Å². The first-order valence-electron chi connectivity index (χ1n) is 5.14. The lowest BCUT2D eigenvalue weighted by molar-refractivity contribution is -0.387. The van der Waals surface area contributed by atoms with E-state index in [-0.39, 0.29) is 5.13 Å². The number of rotatable bonds is 3. The molecule has 0 unspecified atom stereocenters. The number of carbonyl (C=O) groups excluding carboxylic acids is 1. The number of hydrogen-bond donors (Lipinski definition) is 1. The van der Waals surface area contributed by atoms with Crippen molar-refractivity contribution in [3.63, 3.8) is 0 Å². The number of nitro groups is 1. The molecule has 104 valence electrons. The van der Waals surface area contributed by atoms with E-state index in [4.69, 9.17) is 0 Å². The first-order chi connectivity index (χ1) is 9.40. The first kappa shape index (κ1) is 13.9. The van der Waals surface area contributed by atoms with Crippen LogP contribution in [0.3, 0.4) is 0 Å². The van der Waals surface area contributed by atoms with Crippen LogP contribution in [0.1, 0.15) is 15.4 Å². The topological polar surface area (TPSA) is 98.0 Å². The third-order valence-electron chi connectivity index (χ3n) is 2.24. The Bertz CT molecular complexity index is 704. The zero-order valence-corrected chi connectivity index (χ0v) is 10.7. The van der Waals surface area contributed by atoms with Crippen molar-refractivity contribution in [2.75, 3.05) is 5.32 Å². The van der Waals surface area contributed by atoms with Crippen LogP contribution in [0, 0.1) is 28.7 Å². The van der Waals surface area contributed by atoms with Crippen LogP contribution in [0.25, 0.3) is 0 Å². The number of hydrogen-bond acceptors (Lipinski definition) is 6. The standard InChI is InChI=1S/C10H6F2N4O3S/c1-4-14-15-10(20-4)13-9(17)7-5(11)2-3-6(8(7)12)16(18)19/h2-3H,1H3,(H,13,15,17). The fourth-order valence-electron chi connectivity index (χ4n) is 1.40. The Labute approximate surface area is 114 Å². The molecular formula is C10H6F2N4O3S. The summed E-state index contributed by atoms with van der Waals surface area (Å²) < 4.78 is 27.3. The summed E-state index contributed by atoms with van der Waals surface area (Å²) in [6.45, 7) is 1.63. The van der Waals surface area contributed by atoms with Gasteiger partial charge in [-0.15, -0.1) is 10.2 Å². The molecule has 20 heavy (non-hydrogen) atoms. The summed E-state index contributed by atoms with van der Waals surface area (Å²) in [6, 6.07) is 1.30. The highest BCUT2D eigenvalue weighted by Gasteiger charge is 2.26. The Morgan fingerprint density at radius 1 is 1.40 bits per heavy atom. The predicted octanol–water partition coefficient (Wildman–Crippen LogP) is 2.29. The molecule has 0 fully saturated rings. The van der Waals surface area contributed by atoms with Crippen LogP contribution in [0.2, 0.25) is 0 Å². The highest BCUT2D eigenvalue weighted by Crippen LogP contribution is 2.24. The van der Waals surface area contributed by atoms with Crippen molar-refractivity contribution < 1.29 is 18.5 Å². The number of nitrogens with one attached hydrogen (secondary N) is 1. The van der Waals surface area contributed by atoms with Gasteiger partial charge in [0.15, 0.2) is 0 Å². The first-order valence-corrected chi connectivity index (χ1v) is 5.95. The molecule has 7 nitrogen and oxygen atoms in total. The second-order valence-electron chi connectivity index (χ2n) is 3.59. The van der Waals surface area contributed by atoms with Crippen LogP contribution in [0.4, 0.5) is 19.6 Å². The van der Waals surface area contributed by atoms with Gasteiger partial charge in [-0.3, -0.25) is 20.2 Å². The van der Waals surface area contributed by atoms with Gasteiger partial charge in [0, 0.05) is 6.07 Å². The van der Waals surface area contributed by atoms with E-state index in [1.54, 1.807) is 6.92 Å². The maximum atomic E-state index is 13.8. The summed E-state index contributed by atoms with van der Waals surface area (Å²) in [6.07, 6.45) is 0. The largest absolute Gasteiger partial charge is 0.305 e. The van der Waals surface area contributed by atoms with E-state index in [9.17, 15) is 23.7 Å². The lowest BCUT2D eigenvalue weighted by atomic mass is 10.1. The molecule has 1 aromatic heterocycles. The minimum absolute atomic E-state index is 0.0396. The van der Waals surface area contributed by atoms with Crippen LogP contribution in [0.5, 0.6) is 0 Å². The molecule has 0 aliphatic heterocycles. The average Bonchev–Trinajstić information content (AvgIpc) is 2.74. The van der Waals surface area contributed by atoms with Crippen molar-refractivity contribution in [1.29, 1.82) is 0 Å². The van der Waals surface area contributed by atoms with Gasteiger partial charge in [-0.25, -0.2) is 4.39 Å². The van der Waals surface area contributed by atoms with Gasteiger partial charge in [0.1, 0.15) is 16.4 Å². The second kappa shape index (κ2) is 5.25. The highest BCUT2D eigenvalue weighted by atomic mass is 32.1. The highest BCUT2D eigenvalue weighted by molar-refractivity contribution is 7.15. The number of aryl methyl sites for hydroxylation is 1. The minimum Gasteiger partial charge on any atom is -0.296 e. The summed E-state index contributed by atoms with van der Waals surface area (Å²) in [7, 11) is 0. The van der Waals surface area contributed by atoms with E-state index in [0.29, 0.717) is 17.1 Å². The smallest absolute Gasteiger partial charge is 0.296 e. The number of aromatic nitrogens is 2. The number of amides is 1. The fraction of sp³-hybridized carbons (Fsp3) is 0.100. The van der Waals surface area contributed by atoms with Crippen LogP contribution < -0.4 is 5.32 Å². The quantitative estimate of drug-likeness (QED) is 0.692. The second-order valence-corrected chi connectivity index (χ2v) is 4.77. The predicted molar refractivity (Wildman–Crippen MR) is 65.6 cm³/mol. The maximum absolute atomic E-state index is 13.8. The van der Waals surface area contributed by atoms with E-state index in [2.05, 4.69) is 15.5 Å². The van der Waals surface area contributed by atoms with Gasteiger partial charge >= 0.3 is 5.69 Å². The zero-order chi connectivity index (χ0) is 14.9. The molecule has 1 amide bonds. The van der Waals surface area contributed by atoms with Gasteiger partial charge in [0.05, 0.1) is 4.92 Å². The summed E-state index contributed by atoms with van der Waals surface area (Å²) in [5, 5.41) is 20.4. The van der Waals surface area contributed by atoms with E-state index in [1.807, 2.05) is 0 Å². The number of anilines is 1. The molecule has 0 saturated carbocycles. The van der Waals surface area contributed by atoms with E-state index in [1.165, 1.54) is 0 Å². The van der Waals surface area contributed by atoms with Crippen molar-refractivity contribution in [1.82, 2.24) is 10.2 Å².